The van der Waals surface area contributed by atoms with Crippen molar-refractivity contribution in [3.05, 3.63) is 158 Å². The van der Waals surface area contributed by atoms with E-state index in [4.69, 9.17) is 8.88 Å². The van der Waals surface area contributed by atoms with Gasteiger partial charge < -0.3 is 8.88 Å². The van der Waals surface area contributed by atoms with Crippen LogP contribution in [0.1, 0.15) is 41.5 Å². The highest BCUT2D eigenvalue weighted by Crippen LogP contribution is 2.62. The van der Waals surface area contributed by atoms with Crippen LogP contribution in [0.2, 0.25) is 0 Å². The van der Waals surface area contributed by atoms with E-state index in [0.717, 1.165) is 37.0 Å². The molecular formula is C48H56B2O2P2. The fraction of sp³-hybridized carbons (Fsp3) is 0.250. The zero-order chi connectivity index (χ0) is 37.8. The predicted octanol–water partition coefficient (Wildman–Crippen LogP) is 9.29. The molecule has 8 rings (SSSR count). The highest BCUT2D eigenvalue weighted by atomic mass is 31.2. The number of rotatable bonds is 12. The molecule has 0 spiro atoms. The van der Waals surface area contributed by atoms with Gasteiger partial charge in [-0.15, -0.1) is 0 Å². The summed E-state index contributed by atoms with van der Waals surface area (Å²) >= 11 is 0. The Kier molecular flexibility index (Phi) is 11.5. The Morgan fingerprint density at radius 1 is 0.315 bits per heavy atom. The molecule has 0 saturated carbocycles. The minimum atomic E-state index is -1.50. The first-order valence-electron chi connectivity index (χ1n) is 20.3. The third-order valence-corrected chi connectivity index (χ3v) is 21.4. The Bertz CT molecular complexity index is 1920. The van der Waals surface area contributed by atoms with Crippen LogP contribution in [-0.4, -0.2) is 49.7 Å². The smallest absolute Gasteiger partial charge is 0.246 e. The molecule has 0 fully saturated rings. The monoisotopic (exact) mass is 748 g/mol. The van der Waals surface area contributed by atoms with Gasteiger partial charge in [0.25, 0.3) is 0 Å². The number of benzene rings is 6. The van der Waals surface area contributed by atoms with Crippen LogP contribution in [0, 0.1) is 0 Å². The van der Waals surface area contributed by atoms with Crippen molar-refractivity contribution in [2.24, 2.45) is 0 Å². The van der Waals surface area contributed by atoms with Gasteiger partial charge in [0, 0.05) is 0 Å². The van der Waals surface area contributed by atoms with Gasteiger partial charge in [-0.1, -0.05) is 180 Å². The topological polar surface area (TPSA) is 18.5 Å². The van der Waals surface area contributed by atoms with E-state index in [9.17, 15) is 0 Å². The molecule has 2 aliphatic heterocycles. The van der Waals surface area contributed by atoms with Crippen LogP contribution in [0.3, 0.4) is 0 Å². The van der Waals surface area contributed by atoms with Gasteiger partial charge in [0.15, 0.2) is 0 Å². The Labute approximate surface area is 326 Å². The quantitative estimate of drug-likeness (QED) is 0.0919. The molecule has 0 radical (unpaired) electrons. The molecule has 0 unspecified atom stereocenters. The second kappa shape index (κ2) is 16.1. The van der Waals surface area contributed by atoms with E-state index in [2.05, 4.69) is 199 Å². The van der Waals surface area contributed by atoms with E-state index < -0.39 is 27.7 Å². The molecule has 276 valence electrons. The summed E-state index contributed by atoms with van der Waals surface area (Å²) in [5, 5.41) is 0. The average Bonchev–Trinajstić information content (AvgIpc) is 3.71. The van der Waals surface area contributed by atoms with Crippen molar-refractivity contribution in [3.8, 4) is 22.3 Å². The molecular weight excluding hydrogens is 692 g/mol. The van der Waals surface area contributed by atoms with E-state index in [1.165, 1.54) is 55.0 Å². The van der Waals surface area contributed by atoms with Crippen LogP contribution in [0.15, 0.2) is 158 Å². The zero-order valence-corrected chi connectivity index (χ0v) is 34.9. The normalized spacial score (nSPS) is 14.6. The summed E-state index contributed by atoms with van der Waals surface area (Å²) in [5.74, 6) is 0. The van der Waals surface area contributed by atoms with Gasteiger partial charge in [0.2, 0.25) is 12.7 Å². The van der Waals surface area contributed by atoms with Crippen LogP contribution in [0.5, 0.6) is 0 Å². The van der Waals surface area contributed by atoms with Crippen LogP contribution in [0.4, 0.5) is 0 Å². The summed E-state index contributed by atoms with van der Waals surface area (Å²) in [4.78, 5) is 0. The first-order valence-corrected chi connectivity index (χ1v) is 24.9. The molecule has 0 amide bonds. The maximum absolute atomic E-state index is 7.45. The predicted molar refractivity (Wildman–Crippen MR) is 245 cm³/mol. The highest BCUT2D eigenvalue weighted by Gasteiger charge is 2.49. The lowest BCUT2D eigenvalue weighted by Gasteiger charge is -2.44. The molecule has 0 saturated heterocycles. The summed E-state index contributed by atoms with van der Waals surface area (Å²) in [7, 11) is -3.00. The van der Waals surface area contributed by atoms with Gasteiger partial charge in [0.05, 0.1) is 52.0 Å². The lowest BCUT2D eigenvalue weighted by Crippen LogP contribution is -2.67. The molecule has 6 aromatic rings. The summed E-state index contributed by atoms with van der Waals surface area (Å²) in [6.07, 6.45) is 3.94. The van der Waals surface area contributed by atoms with Gasteiger partial charge in [-0.2, -0.15) is 32.8 Å². The van der Waals surface area contributed by atoms with Crippen LogP contribution >= 0.6 is 15.0 Å². The fourth-order valence-electron chi connectivity index (χ4n) is 9.70. The van der Waals surface area contributed by atoms with Gasteiger partial charge in [-0.25, -0.2) is 0 Å². The van der Waals surface area contributed by atoms with Gasteiger partial charge >= 0.3 is 0 Å². The lowest BCUT2D eigenvalue weighted by molar-refractivity contribution is 0.617. The molecule has 6 heteroatoms. The van der Waals surface area contributed by atoms with Crippen molar-refractivity contribution < 1.29 is 8.88 Å². The molecule has 2 nitrogen and oxygen atoms in total. The van der Waals surface area contributed by atoms with Crippen molar-refractivity contribution in [1.29, 1.82) is 0 Å². The fourth-order valence-corrected chi connectivity index (χ4v) is 15.3. The van der Waals surface area contributed by atoms with Crippen molar-refractivity contribution >= 4 is 60.5 Å². The number of hydrogen-bond acceptors (Lipinski definition) is 2. The molecule has 0 bridgehead atoms. The highest BCUT2D eigenvalue weighted by molar-refractivity contribution is 7.73. The average molecular weight is 749 g/mol. The van der Waals surface area contributed by atoms with E-state index in [1.54, 1.807) is 0 Å². The number of hydrogen-bond donors (Lipinski definition) is 0. The van der Waals surface area contributed by atoms with Gasteiger partial charge in [-0.05, 0) is 41.5 Å². The van der Waals surface area contributed by atoms with Gasteiger partial charge in [0.1, 0.15) is 0 Å². The van der Waals surface area contributed by atoms with Crippen LogP contribution in [-0.2, 0) is 8.88 Å². The molecule has 0 aromatic heterocycles. The Hall–Kier alpha value is -3.77. The lowest BCUT2D eigenvalue weighted by atomic mass is 9.30. The van der Waals surface area contributed by atoms with Crippen molar-refractivity contribution in [1.82, 2.24) is 0 Å². The maximum Gasteiger partial charge on any atom is 0.246 e. The summed E-state index contributed by atoms with van der Waals surface area (Å²) < 4.78 is 14.9. The molecule has 0 N–H and O–H groups in total. The Morgan fingerprint density at radius 2 is 0.537 bits per heavy atom. The minimum Gasteiger partial charge on any atom is -0.425 e. The van der Waals surface area contributed by atoms with Crippen molar-refractivity contribution in [2.45, 2.75) is 41.5 Å². The Balaban J connectivity index is 0.000000167. The van der Waals surface area contributed by atoms with E-state index in [0.29, 0.717) is 0 Å². The zero-order valence-electron chi connectivity index (χ0n) is 33.1. The summed E-state index contributed by atoms with van der Waals surface area (Å²) in [6, 6.07) is 57.3. The maximum atomic E-state index is 7.45. The molecule has 2 aliphatic rings. The third kappa shape index (κ3) is 6.34. The van der Waals surface area contributed by atoms with Crippen LogP contribution < -0.4 is 32.8 Å². The molecule has 2 heterocycles. The molecule has 0 atom stereocenters. The summed E-state index contributed by atoms with van der Waals surface area (Å²) in [6.45, 7) is 13.8. The van der Waals surface area contributed by atoms with E-state index in [-0.39, 0.29) is 0 Å². The molecule has 0 aliphatic carbocycles. The van der Waals surface area contributed by atoms with Crippen LogP contribution in [0.25, 0.3) is 22.3 Å². The first-order chi connectivity index (χ1) is 26.4. The second-order valence-corrected chi connectivity index (χ2v) is 23.4. The van der Waals surface area contributed by atoms with Crippen molar-refractivity contribution in [2.75, 3.05) is 37.0 Å². The SMILES string of the molecule is CC[P+](CC)(CC)O[B-]1(c2ccccc2)c2ccccc2-c2ccccc21.CC[P+](CC)(CC)O[B-]1(c2ccccc2)c2ccccc2-c2ccccc21. The third-order valence-electron chi connectivity index (χ3n) is 12.9. The molecule has 54 heavy (non-hydrogen) atoms. The largest absolute Gasteiger partial charge is 0.425 e. The molecule has 6 aromatic carbocycles. The van der Waals surface area contributed by atoms with E-state index >= 15 is 0 Å². The van der Waals surface area contributed by atoms with Gasteiger partial charge in [-0.3, -0.25) is 0 Å². The van der Waals surface area contributed by atoms with Crippen molar-refractivity contribution in [3.63, 3.8) is 0 Å². The second-order valence-electron chi connectivity index (χ2n) is 15.0. The van der Waals surface area contributed by atoms with E-state index in [1.807, 2.05) is 0 Å². The first kappa shape index (κ1) is 38.5. The Morgan fingerprint density at radius 3 is 0.778 bits per heavy atom. The summed E-state index contributed by atoms with van der Waals surface area (Å²) in [5.41, 5.74) is 13.3. The number of fused-ring (bicyclic) bond motifs is 6. The standard InChI is InChI=1S/2C24H28BOP/c2*1-4-27(5-2,6-3)26-25(20-14-8-7-9-15-20)23-18-12-10-16-21(23)22-17-11-13-19-24(22)25/h2*7-19H,4-6H2,1-3H3. The minimum absolute atomic E-state index is 1.13.